The van der Waals surface area contributed by atoms with Crippen LogP contribution in [0.3, 0.4) is 0 Å². The average molecular weight is 322 g/mol. The number of carbonyl (C=O) groups is 1. The maximum absolute atomic E-state index is 12.8. The van der Waals surface area contributed by atoms with Gasteiger partial charge in [-0.2, -0.15) is 0 Å². The number of hydrogen-bond donors (Lipinski definition) is 2. The van der Waals surface area contributed by atoms with E-state index in [-0.39, 0.29) is 5.78 Å². The van der Waals surface area contributed by atoms with Crippen molar-refractivity contribution >= 4 is 28.7 Å². The van der Waals surface area contributed by atoms with Crippen LogP contribution in [0, 0.1) is 0 Å². The van der Waals surface area contributed by atoms with Gasteiger partial charge >= 0.3 is 0 Å². The minimum absolute atomic E-state index is 0.0594. The predicted octanol–water partition coefficient (Wildman–Crippen LogP) is 3.56. The molecule has 2 rings (SSSR count). The Hall–Kier alpha value is -2.72. The number of benzene rings is 2. The first kappa shape index (κ1) is 16.6. The first-order valence-corrected chi connectivity index (χ1v) is 7.64. The molecule has 2 aromatic rings. The summed E-state index contributed by atoms with van der Waals surface area (Å²) in [6, 6.07) is 18.7. The molecule has 0 saturated heterocycles. The highest BCUT2D eigenvalue weighted by atomic mass is 32.1. The van der Waals surface area contributed by atoms with Gasteiger partial charge in [0.05, 0.1) is 0 Å². The molecule has 0 unspecified atom stereocenters. The maximum atomic E-state index is 12.8. The standard InChI is InChI=1S/C19H18N2OS/c1-2-13-20-19(23)21-14-17(15-9-5-3-6-10-15)18(22)16-11-7-4-8-12-16/h2-12,14H,1,13H2,(H2,20,21,23). The van der Waals surface area contributed by atoms with Gasteiger partial charge in [-0.05, 0) is 17.8 Å². The zero-order valence-corrected chi connectivity index (χ0v) is 13.5. The van der Waals surface area contributed by atoms with E-state index >= 15 is 0 Å². The Bertz CT molecular complexity index is 709. The fraction of sp³-hybridized carbons (Fsp3) is 0.0526. The monoisotopic (exact) mass is 322 g/mol. The third-order valence-corrected chi connectivity index (χ3v) is 3.38. The molecule has 4 heteroatoms. The van der Waals surface area contributed by atoms with Gasteiger partial charge in [0.2, 0.25) is 0 Å². The second kappa shape index (κ2) is 8.66. The summed E-state index contributed by atoms with van der Waals surface area (Å²) in [5, 5.41) is 6.36. The van der Waals surface area contributed by atoms with Gasteiger partial charge in [0, 0.05) is 23.9 Å². The summed E-state index contributed by atoms with van der Waals surface area (Å²) in [5.41, 5.74) is 2.02. The Kier molecular flexibility index (Phi) is 6.27. The molecule has 0 aromatic heterocycles. The normalized spacial score (nSPS) is 10.7. The molecule has 3 nitrogen and oxygen atoms in total. The smallest absolute Gasteiger partial charge is 0.195 e. The highest BCUT2D eigenvalue weighted by Gasteiger charge is 2.14. The number of nitrogens with one attached hydrogen (secondary N) is 2. The van der Waals surface area contributed by atoms with Crippen LogP contribution < -0.4 is 10.6 Å². The van der Waals surface area contributed by atoms with E-state index in [0.29, 0.717) is 22.8 Å². The average Bonchev–Trinajstić information content (AvgIpc) is 2.61. The predicted molar refractivity (Wildman–Crippen MR) is 99.1 cm³/mol. The van der Waals surface area contributed by atoms with Crippen LogP contribution in [-0.2, 0) is 0 Å². The van der Waals surface area contributed by atoms with Crippen molar-refractivity contribution in [1.29, 1.82) is 0 Å². The fourth-order valence-electron chi connectivity index (χ4n) is 2.00. The summed E-state index contributed by atoms with van der Waals surface area (Å²) in [6.07, 6.45) is 3.36. The number of ketones is 1. The third-order valence-electron chi connectivity index (χ3n) is 3.12. The minimum atomic E-state index is -0.0594. The number of rotatable bonds is 6. The molecule has 0 heterocycles. The quantitative estimate of drug-likeness (QED) is 0.369. The number of Topliss-reactive ketones (excluding diaryl/α,β-unsaturated/α-hetero) is 1. The van der Waals surface area contributed by atoms with Crippen LogP contribution in [0.2, 0.25) is 0 Å². The van der Waals surface area contributed by atoms with Crippen molar-refractivity contribution in [2.24, 2.45) is 0 Å². The van der Waals surface area contributed by atoms with Crippen LogP contribution in [0.1, 0.15) is 15.9 Å². The van der Waals surface area contributed by atoms with Crippen LogP contribution in [0.25, 0.3) is 5.57 Å². The van der Waals surface area contributed by atoms with E-state index in [1.807, 2.05) is 48.5 Å². The van der Waals surface area contributed by atoms with Crippen molar-refractivity contribution in [3.8, 4) is 0 Å². The molecule has 0 aliphatic heterocycles. The first-order valence-electron chi connectivity index (χ1n) is 7.23. The molecule has 116 valence electrons. The van der Waals surface area contributed by atoms with E-state index in [0.717, 1.165) is 5.56 Å². The second-order valence-corrected chi connectivity index (χ2v) is 5.17. The Morgan fingerprint density at radius 1 is 1.00 bits per heavy atom. The molecule has 0 aliphatic carbocycles. The van der Waals surface area contributed by atoms with E-state index < -0.39 is 0 Å². The third kappa shape index (κ3) is 4.90. The lowest BCUT2D eigenvalue weighted by Gasteiger charge is -2.10. The van der Waals surface area contributed by atoms with Gasteiger partial charge in [-0.15, -0.1) is 6.58 Å². The Morgan fingerprint density at radius 2 is 1.57 bits per heavy atom. The van der Waals surface area contributed by atoms with Crippen molar-refractivity contribution in [1.82, 2.24) is 10.6 Å². The summed E-state index contributed by atoms with van der Waals surface area (Å²) >= 11 is 5.17. The molecular formula is C19H18N2OS. The molecule has 0 spiro atoms. The summed E-state index contributed by atoms with van der Waals surface area (Å²) in [4.78, 5) is 12.8. The van der Waals surface area contributed by atoms with Crippen molar-refractivity contribution < 1.29 is 4.79 Å². The Balaban J connectivity index is 2.27. The highest BCUT2D eigenvalue weighted by Crippen LogP contribution is 2.19. The first-order chi connectivity index (χ1) is 11.2. The van der Waals surface area contributed by atoms with Gasteiger partial charge in [-0.25, -0.2) is 0 Å². The Morgan fingerprint density at radius 3 is 2.13 bits per heavy atom. The summed E-state index contributed by atoms with van der Waals surface area (Å²) in [5.74, 6) is -0.0594. The fourth-order valence-corrected chi connectivity index (χ4v) is 2.14. The molecule has 0 radical (unpaired) electrons. The highest BCUT2D eigenvalue weighted by molar-refractivity contribution is 7.80. The van der Waals surface area contributed by atoms with Crippen molar-refractivity contribution in [3.63, 3.8) is 0 Å². The zero-order chi connectivity index (χ0) is 16.5. The topological polar surface area (TPSA) is 41.1 Å². The Labute approximate surface area is 141 Å². The van der Waals surface area contributed by atoms with Gasteiger partial charge < -0.3 is 10.6 Å². The maximum Gasteiger partial charge on any atom is 0.195 e. The van der Waals surface area contributed by atoms with E-state index in [4.69, 9.17) is 12.2 Å². The lowest BCUT2D eigenvalue weighted by molar-refractivity contribution is 0.105. The number of carbonyl (C=O) groups excluding carboxylic acids is 1. The van der Waals surface area contributed by atoms with E-state index in [2.05, 4.69) is 17.2 Å². The number of thiocarbonyl (C=S) groups is 1. The lowest BCUT2D eigenvalue weighted by atomic mass is 9.98. The van der Waals surface area contributed by atoms with Crippen LogP contribution in [0.15, 0.2) is 79.5 Å². The van der Waals surface area contributed by atoms with Gasteiger partial charge in [0.1, 0.15) is 0 Å². The molecule has 2 N–H and O–H groups in total. The molecule has 0 atom stereocenters. The second-order valence-electron chi connectivity index (χ2n) is 4.76. The molecule has 23 heavy (non-hydrogen) atoms. The van der Waals surface area contributed by atoms with Gasteiger partial charge in [-0.3, -0.25) is 4.79 Å². The summed E-state index contributed by atoms with van der Waals surface area (Å²) < 4.78 is 0. The van der Waals surface area contributed by atoms with Gasteiger partial charge in [-0.1, -0.05) is 66.7 Å². The van der Waals surface area contributed by atoms with Crippen LogP contribution in [0.5, 0.6) is 0 Å². The van der Waals surface area contributed by atoms with E-state index in [1.54, 1.807) is 24.4 Å². The molecule has 0 bridgehead atoms. The van der Waals surface area contributed by atoms with Crippen LogP contribution >= 0.6 is 12.2 Å². The zero-order valence-electron chi connectivity index (χ0n) is 12.7. The SMILES string of the molecule is C=CCNC(=S)NC=C(C(=O)c1ccccc1)c1ccccc1. The van der Waals surface area contributed by atoms with Crippen molar-refractivity contribution in [3.05, 3.63) is 90.6 Å². The van der Waals surface area contributed by atoms with Crippen molar-refractivity contribution in [2.75, 3.05) is 6.54 Å². The van der Waals surface area contributed by atoms with Crippen LogP contribution in [-0.4, -0.2) is 17.4 Å². The minimum Gasteiger partial charge on any atom is -0.359 e. The molecule has 0 amide bonds. The van der Waals surface area contributed by atoms with Crippen LogP contribution in [0.4, 0.5) is 0 Å². The number of hydrogen-bond acceptors (Lipinski definition) is 2. The summed E-state index contributed by atoms with van der Waals surface area (Å²) in [7, 11) is 0. The van der Waals surface area contributed by atoms with Crippen molar-refractivity contribution in [2.45, 2.75) is 0 Å². The molecule has 0 aliphatic rings. The van der Waals surface area contributed by atoms with Gasteiger partial charge in [0.25, 0.3) is 0 Å². The molecule has 0 saturated carbocycles. The lowest BCUT2D eigenvalue weighted by Crippen LogP contribution is -2.32. The molecule has 0 fully saturated rings. The van der Waals surface area contributed by atoms with Gasteiger partial charge in [0.15, 0.2) is 10.9 Å². The molecule has 2 aromatic carbocycles. The molecular weight excluding hydrogens is 304 g/mol. The van der Waals surface area contributed by atoms with E-state index in [9.17, 15) is 4.79 Å². The van der Waals surface area contributed by atoms with E-state index in [1.165, 1.54) is 0 Å². The largest absolute Gasteiger partial charge is 0.359 e. The summed E-state index contributed by atoms with van der Waals surface area (Å²) in [6.45, 7) is 4.19. The number of allylic oxidation sites excluding steroid dienone is 1.